The Balaban J connectivity index is 2.96. The van der Waals surface area contributed by atoms with Gasteiger partial charge in [0.1, 0.15) is 5.75 Å². The van der Waals surface area contributed by atoms with Crippen LogP contribution in [0.4, 0.5) is 0 Å². The lowest BCUT2D eigenvalue weighted by atomic mass is 10.3. The van der Waals surface area contributed by atoms with Gasteiger partial charge in [0.25, 0.3) is 0 Å². The van der Waals surface area contributed by atoms with E-state index in [0.717, 1.165) is 10.6 Å². The Hall–Kier alpha value is -0.780. The Morgan fingerprint density at radius 2 is 2.20 bits per heavy atom. The van der Waals surface area contributed by atoms with E-state index in [1.54, 1.807) is 6.07 Å². The molecule has 0 aliphatic rings. The van der Waals surface area contributed by atoms with Gasteiger partial charge in [0.15, 0.2) is 0 Å². The van der Waals surface area contributed by atoms with Gasteiger partial charge < -0.3 is 10.5 Å². The Labute approximate surface area is 96.2 Å². The van der Waals surface area contributed by atoms with Crippen LogP contribution in [0.5, 0.6) is 5.75 Å². The van der Waals surface area contributed by atoms with Crippen molar-refractivity contribution >= 4 is 26.6 Å². The molecule has 82 valence electrons. The van der Waals surface area contributed by atoms with Crippen molar-refractivity contribution in [3.05, 3.63) is 24.3 Å². The fraction of sp³-hybridized carbons (Fsp3) is 0.300. The topological polar surface area (TPSA) is 52.3 Å². The largest absolute Gasteiger partial charge is 0.424 e. The summed E-state index contributed by atoms with van der Waals surface area (Å²) in [6, 6.07) is 7.32. The number of esters is 1. The van der Waals surface area contributed by atoms with Crippen molar-refractivity contribution in [3.63, 3.8) is 0 Å². The highest BCUT2D eigenvalue weighted by atomic mass is 32.8. The molecule has 1 unspecified atom stereocenters. The Bertz CT molecular complexity index is 379. The standard InChI is InChI=1S/C10H13NO2S2/c1-2-15(14)9-6-4-3-5-8(9)13-10(12)7-11/h3-6H,2,7,11H2,1H3. The minimum Gasteiger partial charge on any atom is -0.424 e. The molecule has 1 rings (SSSR count). The lowest BCUT2D eigenvalue weighted by Gasteiger charge is -2.09. The fourth-order valence-electron chi connectivity index (χ4n) is 1.04. The van der Waals surface area contributed by atoms with Crippen LogP contribution < -0.4 is 10.5 Å². The van der Waals surface area contributed by atoms with E-state index >= 15 is 0 Å². The summed E-state index contributed by atoms with van der Waals surface area (Å²) >= 11 is 5.29. The number of carbonyl (C=O) groups is 1. The molecule has 0 fully saturated rings. The molecule has 0 amide bonds. The second-order valence-corrected chi connectivity index (χ2v) is 5.67. The normalized spacial score (nSPS) is 12.1. The number of para-hydroxylation sites is 1. The number of carbonyl (C=O) groups excluding carboxylic acids is 1. The monoisotopic (exact) mass is 243 g/mol. The van der Waals surface area contributed by atoms with Crippen molar-refractivity contribution in [2.24, 2.45) is 5.73 Å². The second-order valence-electron chi connectivity index (χ2n) is 2.76. The van der Waals surface area contributed by atoms with Crippen LogP contribution in [0.25, 0.3) is 0 Å². The molecule has 5 heteroatoms. The van der Waals surface area contributed by atoms with Gasteiger partial charge in [-0.1, -0.05) is 28.5 Å². The minimum atomic E-state index is -0.439. The van der Waals surface area contributed by atoms with Gasteiger partial charge in [-0.3, -0.25) is 4.79 Å². The fourth-order valence-corrected chi connectivity index (χ4v) is 2.33. The van der Waals surface area contributed by atoms with Crippen molar-refractivity contribution in [1.29, 1.82) is 0 Å². The maximum atomic E-state index is 11.1. The van der Waals surface area contributed by atoms with E-state index in [1.165, 1.54) is 0 Å². The number of benzene rings is 1. The van der Waals surface area contributed by atoms with Crippen LogP contribution in [-0.2, 0) is 25.4 Å². The highest BCUT2D eigenvalue weighted by molar-refractivity contribution is 8.28. The number of nitrogens with two attached hydrogens (primary N) is 1. The first-order chi connectivity index (χ1) is 7.19. The zero-order chi connectivity index (χ0) is 11.3. The summed E-state index contributed by atoms with van der Waals surface area (Å²) in [4.78, 5) is 12.0. The quantitative estimate of drug-likeness (QED) is 0.633. The molecule has 3 nitrogen and oxygen atoms in total. The molecule has 0 aliphatic carbocycles. The summed E-state index contributed by atoms with van der Waals surface area (Å²) in [5.41, 5.74) is 5.18. The van der Waals surface area contributed by atoms with Crippen LogP contribution >= 0.6 is 0 Å². The average molecular weight is 243 g/mol. The van der Waals surface area contributed by atoms with E-state index in [9.17, 15) is 4.79 Å². The van der Waals surface area contributed by atoms with Gasteiger partial charge in [0.2, 0.25) is 0 Å². The zero-order valence-corrected chi connectivity index (χ0v) is 10.1. The molecule has 0 heterocycles. The van der Waals surface area contributed by atoms with E-state index in [-0.39, 0.29) is 16.0 Å². The number of hydrogen-bond donors (Lipinski definition) is 1. The SMILES string of the molecule is CCS(=S)c1ccccc1OC(=O)CN. The predicted molar refractivity (Wildman–Crippen MR) is 64.7 cm³/mol. The highest BCUT2D eigenvalue weighted by Crippen LogP contribution is 2.22. The van der Waals surface area contributed by atoms with Crippen LogP contribution in [-0.4, -0.2) is 18.3 Å². The molecule has 0 aromatic heterocycles. The van der Waals surface area contributed by atoms with Gasteiger partial charge in [-0.2, -0.15) is 0 Å². The minimum absolute atomic E-state index is 0.119. The molecule has 1 aromatic rings. The van der Waals surface area contributed by atoms with Gasteiger partial charge in [-0.05, 0) is 29.1 Å². The summed E-state index contributed by atoms with van der Waals surface area (Å²) < 4.78 is 5.09. The van der Waals surface area contributed by atoms with Crippen LogP contribution in [0, 0.1) is 0 Å². The highest BCUT2D eigenvalue weighted by Gasteiger charge is 2.08. The first-order valence-electron chi connectivity index (χ1n) is 4.57. The third kappa shape index (κ3) is 3.37. The summed E-state index contributed by atoms with van der Waals surface area (Å²) in [5.74, 6) is 0.950. The molecule has 0 saturated carbocycles. The second kappa shape index (κ2) is 5.95. The zero-order valence-electron chi connectivity index (χ0n) is 8.43. The Morgan fingerprint density at radius 1 is 1.53 bits per heavy atom. The van der Waals surface area contributed by atoms with E-state index in [4.69, 9.17) is 21.7 Å². The lowest BCUT2D eigenvalue weighted by molar-refractivity contribution is -0.132. The maximum Gasteiger partial charge on any atom is 0.325 e. The molecule has 15 heavy (non-hydrogen) atoms. The van der Waals surface area contributed by atoms with Crippen molar-refractivity contribution in [3.8, 4) is 5.75 Å². The molecule has 1 atom stereocenters. The van der Waals surface area contributed by atoms with Crippen molar-refractivity contribution in [1.82, 2.24) is 0 Å². The number of hydrogen-bond acceptors (Lipinski definition) is 4. The maximum absolute atomic E-state index is 11.1. The molecular formula is C10H13NO2S2. The molecule has 0 radical (unpaired) electrons. The van der Waals surface area contributed by atoms with Crippen LogP contribution in [0.3, 0.4) is 0 Å². The Morgan fingerprint density at radius 3 is 2.80 bits per heavy atom. The Kier molecular flexibility index (Phi) is 4.87. The van der Waals surface area contributed by atoms with Crippen molar-refractivity contribution < 1.29 is 9.53 Å². The van der Waals surface area contributed by atoms with E-state index in [2.05, 4.69) is 0 Å². The lowest BCUT2D eigenvalue weighted by Crippen LogP contribution is -2.20. The number of ether oxygens (including phenoxy) is 1. The van der Waals surface area contributed by atoms with Gasteiger partial charge in [-0.25, -0.2) is 0 Å². The number of rotatable bonds is 4. The van der Waals surface area contributed by atoms with Gasteiger partial charge in [-0.15, -0.1) is 0 Å². The van der Waals surface area contributed by atoms with Crippen LogP contribution in [0.1, 0.15) is 6.92 Å². The summed E-state index contributed by atoms with van der Waals surface area (Å²) in [5, 5.41) is 0. The molecule has 0 bridgehead atoms. The molecule has 2 N–H and O–H groups in total. The van der Waals surface area contributed by atoms with Gasteiger partial charge in [0, 0.05) is 0 Å². The molecule has 1 aromatic carbocycles. The molecule has 0 saturated heterocycles. The summed E-state index contributed by atoms with van der Waals surface area (Å²) in [7, 11) is -0.305. The van der Waals surface area contributed by atoms with Crippen LogP contribution in [0.2, 0.25) is 0 Å². The first kappa shape index (κ1) is 12.3. The molecular weight excluding hydrogens is 230 g/mol. The summed E-state index contributed by atoms with van der Waals surface area (Å²) in [6.07, 6.45) is 0. The third-order valence-electron chi connectivity index (χ3n) is 1.75. The third-order valence-corrected chi connectivity index (χ3v) is 4.35. The van der Waals surface area contributed by atoms with Crippen molar-refractivity contribution in [2.75, 3.05) is 12.3 Å². The smallest absolute Gasteiger partial charge is 0.325 e. The average Bonchev–Trinajstić information content (AvgIpc) is 2.28. The van der Waals surface area contributed by atoms with E-state index in [1.807, 2.05) is 25.1 Å². The predicted octanol–water partition coefficient (Wildman–Crippen LogP) is 1.01. The van der Waals surface area contributed by atoms with E-state index < -0.39 is 5.97 Å². The van der Waals surface area contributed by atoms with Gasteiger partial charge in [0.05, 0.1) is 11.4 Å². The van der Waals surface area contributed by atoms with Gasteiger partial charge >= 0.3 is 5.97 Å². The summed E-state index contributed by atoms with van der Waals surface area (Å²) in [6.45, 7) is 1.89. The van der Waals surface area contributed by atoms with Crippen molar-refractivity contribution in [2.45, 2.75) is 11.8 Å². The van der Waals surface area contributed by atoms with E-state index in [0.29, 0.717) is 5.75 Å². The molecule has 0 aliphatic heterocycles. The van der Waals surface area contributed by atoms with Crippen LogP contribution in [0.15, 0.2) is 29.2 Å². The molecule has 0 spiro atoms. The first-order valence-corrected chi connectivity index (χ1v) is 6.89.